The first kappa shape index (κ1) is 17.7. The summed E-state index contributed by atoms with van der Waals surface area (Å²) >= 11 is 0. The van der Waals surface area contributed by atoms with Crippen LogP contribution < -0.4 is 11.2 Å². The number of aliphatic carboxylic acids is 1. The fraction of sp³-hybridized carbons (Fsp3) is 0.200. The predicted molar refractivity (Wildman–Crippen MR) is 105 cm³/mol. The number of carboxylic acids is 1. The van der Waals surface area contributed by atoms with Crippen molar-refractivity contribution in [2.24, 2.45) is 0 Å². The van der Waals surface area contributed by atoms with Gasteiger partial charge in [-0.2, -0.15) is 0 Å². The molecule has 0 radical (unpaired) electrons. The molecule has 1 atom stereocenters. The number of H-pyrrole nitrogens is 1. The van der Waals surface area contributed by atoms with Gasteiger partial charge in [-0.25, -0.2) is 14.3 Å². The van der Waals surface area contributed by atoms with Gasteiger partial charge in [0.05, 0.1) is 11.6 Å². The first-order valence-corrected chi connectivity index (χ1v) is 8.78. The number of carbonyl (C=O) groups is 1. The maximum Gasteiger partial charge on any atom is 0.332 e. The van der Waals surface area contributed by atoms with Crippen LogP contribution >= 0.6 is 0 Å². The van der Waals surface area contributed by atoms with E-state index >= 15 is 0 Å². The molecule has 0 saturated heterocycles. The average Bonchev–Trinajstić information content (AvgIpc) is 3.10. The van der Waals surface area contributed by atoms with Gasteiger partial charge >= 0.3 is 11.7 Å². The van der Waals surface area contributed by atoms with Crippen LogP contribution in [-0.4, -0.2) is 30.2 Å². The van der Waals surface area contributed by atoms with Crippen LogP contribution in [0.3, 0.4) is 0 Å². The smallest absolute Gasteiger partial charge is 0.332 e. The van der Waals surface area contributed by atoms with E-state index in [0.29, 0.717) is 5.52 Å². The lowest BCUT2D eigenvalue weighted by Gasteiger charge is -2.19. The second kappa shape index (κ2) is 6.49. The summed E-state index contributed by atoms with van der Waals surface area (Å²) in [5.74, 6) is -1.27. The number of benzene rings is 1. The number of aromatic nitrogens is 4. The van der Waals surface area contributed by atoms with Crippen molar-refractivity contribution in [3.05, 3.63) is 74.7 Å². The van der Waals surface area contributed by atoms with Crippen LogP contribution in [0.5, 0.6) is 0 Å². The van der Waals surface area contributed by atoms with Crippen molar-refractivity contribution in [3.8, 4) is 0 Å². The molecule has 3 aromatic heterocycles. The standard InChI is InChI=1S/C20H18N4O4/c1-11-5-3-6-14-17(11)13(9-22-14)12(2)24-15-7-4-8-21-18(15)19(27)23(20(24)28)10-16(25)26/h3-9,12,22H,10H2,1-2H3,(H,25,26). The predicted octanol–water partition coefficient (Wildman–Crippen LogP) is 2.04. The van der Waals surface area contributed by atoms with Gasteiger partial charge in [-0.3, -0.25) is 14.2 Å². The van der Waals surface area contributed by atoms with E-state index in [-0.39, 0.29) is 5.52 Å². The number of nitrogens with one attached hydrogen (secondary N) is 1. The van der Waals surface area contributed by atoms with Crippen molar-refractivity contribution in [1.29, 1.82) is 0 Å². The van der Waals surface area contributed by atoms with Crippen molar-refractivity contribution < 1.29 is 9.90 Å². The highest BCUT2D eigenvalue weighted by molar-refractivity contribution is 5.87. The summed E-state index contributed by atoms with van der Waals surface area (Å²) < 4.78 is 2.15. The van der Waals surface area contributed by atoms with Crippen molar-refractivity contribution in [1.82, 2.24) is 19.1 Å². The molecule has 0 saturated carbocycles. The van der Waals surface area contributed by atoms with Gasteiger partial charge in [0, 0.05) is 28.9 Å². The molecule has 0 amide bonds. The second-order valence-electron chi connectivity index (χ2n) is 6.73. The molecule has 0 aliphatic rings. The van der Waals surface area contributed by atoms with Crippen LogP contribution in [0.2, 0.25) is 0 Å². The van der Waals surface area contributed by atoms with Crippen molar-refractivity contribution in [2.45, 2.75) is 26.4 Å². The lowest BCUT2D eigenvalue weighted by atomic mass is 10.0. The number of hydrogen-bond acceptors (Lipinski definition) is 4. The van der Waals surface area contributed by atoms with Gasteiger partial charge in [-0.05, 0) is 37.6 Å². The van der Waals surface area contributed by atoms with Gasteiger partial charge in [0.15, 0.2) is 5.52 Å². The Labute approximate surface area is 158 Å². The summed E-state index contributed by atoms with van der Waals surface area (Å²) in [7, 11) is 0. The molecule has 8 heteroatoms. The molecular formula is C20H18N4O4. The fourth-order valence-corrected chi connectivity index (χ4v) is 3.72. The molecule has 0 spiro atoms. The third-order valence-electron chi connectivity index (χ3n) is 5.01. The van der Waals surface area contributed by atoms with E-state index in [4.69, 9.17) is 5.11 Å². The lowest BCUT2D eigenvalue weighted by Crippen LogP contribution is -2.43. The zero-order valence-electron chi connectivity index (χ0n) is 15.3. The molecule has 0 aliphatic heterocycles. The molecule has 4 rings (SSSR count). The molecule has 2 N–H and O–H groups in total. The van der Waals surface area contributed by atoms with E-state index in [1.807, 2.05) is 38.2 Å². The normalized spacial score (nSPS) is 12.5. The van der Waals surface area contributed by atoms with E-state index in [1.165, 1.54) is 10.8 Å². The molecule has 0 fully saturated rings. The van der Waals surface area contributed by atoms with Crippen LogP contribution in [-0.2, 0) is 11.3 Å². The number of rotatable bonds is 4. The number of aryl methyl sites for hydroxylation is 1. The van der Waals surface area contributed by atoms with Crippen LogP contribution in [0.4, 0.5) is 0 Å². The van der Waals surface area contributed by atoms with E-state index in [2.05, 4.69) is 9.97 Å². The van der Waals surface area contributed by atoms with E-state index in [0.717, 1.165) is 26.6 Å². The third kappa shape index (κ3) is 2.61. The molecule has 0 bridgehead atoms. The quantitative estimate of drug-likeness (QED) is 0.565. The Hall–Kier alpha value is -3.68. The second-order valence-corrected chi connectivity index (χ2v) is 6.73. The molecule has 142 valence electrons. The molecule has 0 aliphatic carbocycles. The van der Waals surface area contributed by atoms with Crippen molar-refractivity contribution in [3.63, 3.8) is 0 Å². The molecule has 1 aromatic carbocycles. The van der Waals surface area contributed by atoms with E-state index < -0.39 is 29.8 Å². The molecular weight excluding hydrogens is 360 g/mol. The Kier molecular flexibility index (Phi) is 4.11. The van der Waals surface area contributed by atoms with Gasteiger partial charge in [-0.15, -0.1) is 0 Å². The lowest BCUT2D eigenvalue weighted by molar-refractivity contribution is -0.137. The minimum atomic E-state index is -1.27. The largest absolute Gasteiger partial charge is 0.480 e. The van der Waals surface area contributed by atoms with E-state index in [1.54, 1.807) is 12.1 Å². The minimum Gasteiger partial charge on any atom is -0.480 e. The first-order valence-electron chi connectivity index (χ1n) is 8.78. The summed E-state index contributed by atoms with van der Waals surface area (Å²) in [6, 6.07) is 8.73. The topological polar surface area (TPSA) is 110 Å². The van der Waals surface area contributed by atoms with Crippen LogP contribution in [0.1, 0.15) is 24.1 Å². The van der Waals surface area contributed by atoms with Gasteiger partial charge in [0.2, 0.25) is 0 Å². The highest BCUT2D eigenvalue weighted by Gasteiger charge is 2.22. The summed E-state index contributed by atoms with van der Waals surface area (Å²) in [5, 5.41) is 10.1. The Bertz CT molecular complexity index is 1350. The van der Waals surface area contributed by atoms with Gasteiger partial charge < -0.3 is 10.1 Å². The number of aromatic amines is 1. The third-order valence-corrected chi connectivity index (χ3v) is 5.01. The molecule has 4 aromatic rings. The highest BCUT2D eigenvalue weighted by Crippen LogP contribution is 2.29. The summed E-state index contributed by atoms with van der Waals surface area (Å²) in [4.78, 5) is 44.3. The molecule has 8 nitrogen and oxygen atoms in total. The minimum absolute atomic E-state index is 0.0618. The van der Waals surface area contributed by atoms with Crippen LogP contribution in [0.15, 0.2) is 52.3 Å². The molecule has 1 unspecified atom stereocenters. The van der Waals surface area contributed by atoms with Gasteiger partial charge in [-0.1, -0.05) is 12.1 Å². The first-order chi connectivity index (χ1) is 13.4. The summed E-state index contributed by atoms with van der Waals surface area (Å²) in [6.07, 6.45) is 3.29. The summed E-state index contributed by atoms with van der Waals surface area (Å²) in [6.45, 7) is 3.11. The van der Waals surface area contributed by atoms with Gasteiger partial charge in [0.25, 0.3) is 5.56 Å². The van der Waals surface area contributed by atoms with Crippen molar-refractivity contribution >= 4 is 27.9 Å². The maximum atomic E-state index is 13.1. The monoisotopic (exact) mass is 378 g/mol. The number of carboxylic acid groups (broad SMARTS) is 1. The number of fused-ring (bicyclic) bond motifs is 2. The summed E-state index contributed by atoms with van der Waals surface area (Å²) in [5.41, 5.74) is 1.92. The highest BCUT2D eigenvalue weighted by atomic mass is 16.4. The number of nitrogens with zero attached hydrogens (tertiary/aromatic N) is 3. The van der Waals surface area contributed by atoms with Gasteiger partial charge in [0.1, 0.15) is 6.54 Å². The molecule has 3 heterocycles. The Balaban J connectivity index is 2.06. The Morgan fingerprint density at radius 3 is 2.79 bits per heavy atom. The average molecular weight is 378 g/mol. The number of hydrogen-bond donors (Lipinski definition) is 2. The Morgan fingerprint density at radius 1 is 1.25 bits per heavy atom. The zero-order valence-corrected chi connectivity index (χ0v) is 15.3. The Morgan fingerprint density at radius 2 is 2.04 bits per heavy atom. The SMILES string of the molecule is Cc1cccc2[nH]cc(C(C)n3c(=O)n(CC(=O)O)c(=O)c4ncccc43)c12. The fourth-order valence-electron chi connectivity index (χ4n) is 3.72. The maximum absolute atomic E-state index is 13.1. The van der Waals surface area contributed by atoms with Crippen LogP contribution in [0, 0.1) is 6.92 Å². The van der Waals surface area contributed by atoms with Crippen LogP contribution in [0.25, 0.3) is 21.9 Å². The van der Waals surface area contributed by atoms with Crippen molar-refractivity contribution in [2.75, 3.05) is 0 Å². The molecule has 28 heavy (non-hydrogen) atoms. The zero-order chi connectivity index (χ0) is 20.0. The van der Waals surface area contributed by atoms with E-state index in [9.17, 15) is 14.4 Å². The number of pyridine rings is 1.